The summed E-state index contributed by atoms with van der Waals surface area (Å²) in [4.78, 5) is 4.85. The van der Waals surface area contributed by atoms with Crippen LogP contribution in [0.2, 0.25) is 0 Å². The van der Waals surface area contributed by atoms with Gasteiger partial charge in [0.25, 0.3) is 0 Å². The molecule has 1 aromatic carbocycles. The summed E-state index contributed by atoms with van der Waals surface area (Å²) in [6, 6.07) is 6.27. The Balaban J connectivity index is 1.91. The molecule has 1 aromatic heterocycles. The van der Waals surface area contributed by atoms with E-state index in [1.807, 2.05) is 6.07 Å². The van der Waals surface area contributed by atoms with Crippen molar-refractivity contribution in [2.75, 3.05) is 26.9 Å². The van der Waals surface area contributed by atoms with E-state index in [0.29, 0.717) is 12.5 Å². The standard InChI is InChI=1S/C16H21BrN2O2/c1-20-9-6-19-15-11-13(17)2-3-14(15)18-16(19)10-12-4-7-21-8-5-12/h2-3,11-12H,4-10H2,1H3. The van der Waals surface area contributed by atoms with E-state index in [4.69, 9.17) is 14.5 Å². The topological polar surface area (TPSA) is 36.3 Å². The van der Waals surface area contributed by atoms with Gasteiger partial charge in [0.1, 0.15) is 5.82 Å². The van der Waals surface area contributed by atoms with E-state index >= 15 is 0 Å². The predicted octanol–water partition coefficient (Wildman–Crippen LogP) is 3.41. The highest BCUT2D eigenvalue weighted by Gasteiger charge is 2.19. The Hall–Kier alpha value is -0.910. The molecule has 2 aromatic rings. The van der Waals surface area contributed by atoms with Crippen molar-refractivity contribution < 1.29 is 9.47 Å². The highest BCUT2D eigenvalue weighted by Crippen LogP contribution is 2.25. The van der Waals surface area contributed by atoms with E-state index in [-0.39, 0.29) is 0 Å². The minimum absolute atomic E-state index is 0.681. The van der Waals surface area contributed by atoms with E-state index in [1.54, 1.807) is 7.11 Å². The van der Waals surface area contributed by atoms with Crippen LogP contribution in [-0.2, 0) is 22.4 Å². The SMILES string of the molecule is COCCn1c(CC2CCOCC2)nc2ccc(Br)cc21. The number of imidazole rings is 1. The molecule has 0 unspecified atom stereocenters. The molecule has 0 bridgehead atoms. The van der Waals surface area contributed by atoms with Crippen LogP contribution in [0.1, 0.15) is 18.7 Å². The van der Waals surface area contributed by atoms with Crippen molar-refractivity contribution in [3.63, 3.8) is 0 Å². The summed E-state index contributed by atoms with van der Waals surface area (Å²) < 4.78 is 14.1. The third-order valence-electron chi connectivity index (χ3n) is 4.12. The first kappa shape index (κ1) is 15.0. The van der Waals surface area contributed by atoms with Gasteiger partial charge < -0.3 is 14.0 Å². The fraction of sp³-hybridized carbons (Fsp3) is 0.562. The lowest BCUT2D eigenvalue weighted by atomic mass is 9.96. The van der Waals surface area contributed by atoms with E-state index in [2.05, 4.69) is 32.6 Å². The fourth-order valence-corrected chi connectivity index (χ4v) is 3.29. The van der Waals surface area contributed by atoms with Crippen LogP contribution in [-0.4, -0.2) is 36.5 Å². The van der Waals surface area contributed by atoms with Crippen molar-refractivity contribution in [3.8, 4) is 0 Å². The number of aromatic nitrogens is 2. The van der Waals surface area contributed by atoms with Gasteiger partial charge in [0.2, 0.25) is 0 Å². The van der Waals surface area contributed by atoms with E-state index < -0.39 is 0 Å². The van der Waals surface area contributed by atoms with Crippen molar-refractivity contribution in [1.29, 1.82) is 0 Å². The smallest absolute Gasteiger partial charge is 0.110 e. The number of halogens is 1. The molecular weight excluding hydrogens is 332 g/mol. The van der Waals surface area contributed by atoms with Gasteiger partial charge in [0.15, 0.2) is 0 Å². The number of benzene rings is 1. The van der Waals surface area contributed by atoms with Crippen LogP contribution in [0.15, 0.2) is 22.7 Å². The van der Waals surface area contributed by atoms with Crippen LogP contribution in [0.25, 0.3) is 11.0 Å². The number of fused-ring (bicyclic) bond motifs is 1. The molecule has 0 amide bonds. The molecule has 2 heterocycles. The molecule has 1 aliphatic rings. The van der Waals surface area contributed by atoms with Gasteiger partial charge >= 0.3 is 0 Å². The lowest BCUT2D eigenvalue weighted by molar-refractivity contribution is 0.0656. The van der Waals surface area contributed by atoms with E-state index in [1.165, 1.54) is 11.3 Å². The molecule has 0 spiro atoms. The average Bonchev–Trinajstić information content (AvgIpc) is 2.83. The molecule has 0 aliphatic carbocycles. The molecule has 0 saturated carbocycles. The first-order chi connectivity index (χ1) is 10.3. The number of nitrogens with zero attached hydrogens (tertiary/aromatic N) is 2. The van der Waals surface area contributed by atoms with Crippen molar-refractivity contribution in [2.24, 2.45) is 5.92 Å². The molecule has 21 heavy (non-hydrogen) atoms. The second-order valence-electron chi connectivity index (χ2n) is 5.57. The van der Waals surface area contributed by atoms with Crippen molar-refractivity contribution in [1.82, 2.24) is 9.55 Å². The maximum atomic E-state index is 5.45. The Bertz CT molecular complexity index is 606. The van der Waals surface area contributed by atoms with Crippen LogP contribution >= 0.6 is 15.9 Å². The molecule has 1 fully saturated rings. The van der Waals surface area contributed by atoms with Gasteiger partial charge in [-0.25, -0.2) is 4.98 Å². The monoisotopic (exact) mass is 352 g/mol. The number of hydrogen-bond donors (Lipinski definition) is 0. The van der Waals surface area contributed by atoms with Gasteiger partial charge in [-0.2, -0.15) is 0 Å². The van der Waals surface area contributed by atoms with Crippen LogP contribution < -0.4 is 0 Å². The van der Waals surface area contributed by atoms with Gasteiger partial charge in [-0.1, -0.05) is 15.9 Å². The molecule has 114 valence electrons. The predicted molar refractivity (Wildman–Crippen MR) is 86.6 cm³/mol. The third-order valence-corrected chi connectivity index (χ3v) is 4.61. The van der Waals surface area contributed by atoms with E-state index in [9.17, 15) is 0 Å². The molecule has 0 N–H and O–H groups in total. The molecular formula is C16H21BrN2O2. The molecule has 1 saturated heterocycles. The first-order valence-electron chi connectivity index (χ1n) is 7.49. The lowest BCUT2D eigenvalue weighted by Crippen LogP contribution is -2.20. The Morgan fingerprint density at radius 1 is 1.38 bits per heavy atom. The molecule has 3 rings (SSSR count). The minimum Gasteiger partial charge on any atom is -0.383 e. The van der Waals surface area contributed by atoms with Gasteiger partial charge in [-0.3, -0.25) is 0 Å². The zero-order chi connectivity index (χ0) is 14.7. The fourth-order valence-electron chi connectivity index (χ4n) is 2.94. The van der Waals surface area contributed by atoms with Gasteiger partial charge in [-0.05, 0) is 37.0 Å². The summed E-state index contributed by atoms with van der Waals surface area (Å²) in [5.41, 5.74) is 2.25. The summed E-state index contributed by atoms with van der Waals surface area (Å²) in [5.74, 6) is 1.85. The molecule has 0 atom stereocenters. The minimum atomic E-state index is 0.681. The largest absolute Gasteiger partial charge is 0.383 e. The quantitative estimate of drug-likeness (QED) is 0.827. The van der Waals surface area contributed by atoms with Crippen LogP contribution in [0.5, 0.6) is 0 Å². The molecule has 1 aliphatic heterocycles. The van der Waals surface area contributed by atoms with Crippen molar-refractivity contribution in [2.45, 2.75) is 25.8 Å². The first-order valence-corrected chi connectivity index (χ1v) is 8.28. The Labute approximate surface area is 133 Å². The summed E-state index contributed by atoms with van der Waals surface area (Å²) in [7, 11) is 1.74. The van der Waals surface area contributed by atoms with Crippen LogP contribution in [0.4, 0.5) is 0 Å². The molecule has 5 heteroatoms. The zero-order valence-electron chi connectivity index (χ0n) is 12.3. The zero-order valence-corrected chi connectivity index (χ0v) is 13.9. The third kappa shape index (κ3) is 3.47. The highest BCUT2D eigenvalue weighted by molar-refractivity contribution is 9.10. The average molecular weight is 353 g/mol. The number of ether oxygens (including phenoxy) is 2. The highest BCUT2D eigenvalue weighted by atomic mass is 79.9. The second-order valence-corrected chi connectivity index (χ2v) is 6.48. The number of methoxy groups -OCH3 is 1. The van der Waals surface area contributed by atoms with Crippen LogP contribution in [0, 0.1) is 5.92 Å². The maximum Gasteiger partial charge on any atom is 0.110 e. The Morgan fingerprint density at radius 3 is 2.95 bits per heavy atom. The molecule has 4 nitrogen and oxygen atoms in total. The van der Waals surface area contributed by atoms with Crippen molar-refractivity contribution >= 4 is 27.0 Å². The Kier molecular flexibility index (Phi) is 4.93. The number of hydrogen-bond acceptors (Lipinski definition) is 3. The van der Waals surface area contributed by atoms with E-state index in [0.717, 1.165) is 49.0 Å². The van der Waals surface area contributed by atoms with Gasteiger partial charge in [0.05, 0.1) is 17.6 Å². The van der Waals surface area contributed by atoms with Crippen LogP contribution in [0.3, 0.4) is 0 Å². The number of rotatable bonds is 5. The van der Waals surface area contributed by atoms with Gasteiger partial charge in [-0.15, -0.1) is 0 Å². The molecule has 0 radical (unpaired) electrons. The Morgan fingerprint density at radius 2 is 2.19 bits per heavy atom. The summed E-state index contributed by atoms with van der Waals surface area (Å²) in [5, 5.41) is 0. The lowest BCUT2D eigenvalue weighted by Gasteiger charge is -2.22. The summed E-state index contributed by atoms with van der Waals surface area (Å²) >= 11 is 3.55. The normalized spacial score (nSPS) is 16.7. The summed E-state index contributed by atoms with van der Waals surface area (Å²) in [6.45, 7) is 3.32. The second kappa shape index (κ2) is 6.90. The van der Waals surface area contributed by atoms with Crippen molar-refractivity contribution in [3.05, 3.63) is 28.5 Å². The van der Waals surface area contributed by atoms with Gasteiger partial charge in [0, 0.05) is 37.8 Å². The maximum absolute atomic E-state index is 5.45. The summed E-state index contributed by atoms with van der Waals surface area (Å²) in [6.07, 6.45) is 3.30.